The minimum Gasteiger partial charge on any atom is -0.339 e. The summed E-state index contributed by atoms with van der Waals surface area (Å²) in [7, 11) is 0. The number of nitrogens with zero attached hydrogens (tertiary/aromatic N) is 1. The fourth-order valence-corrected chi connectivity index (χ4v) is 1.57. The number of carbonyl (C=O) groups excluding carboxylic acids is 1. The molecule has 1 amide bonds. The molecule has 0 saturated carbocycles. The Morgan fingerprint density at radius 2 is 1.85 bits per heavy atom. The lowest BCUT2D eigenvalue weighted by molar-refractivity contribution is -0.125. The van der Waals surface area contributed by atoms with E-state index < -0.39 is 0 Å². The average Bonchev–Trinajstić information content (AvgIpc) is 2.42. The molecule has 0 aromatic heterocycles. The van der Waals surface area contributed by atoms with Gasteiger partial charge >= 0.3 is 0 Å². The Labute approximate surface area is 79.6 Å². The molecule has 1 rings (SSSR count). The fraction of sp³-hybridized carbons (Fsp3) is 0.700. The Bertz CT molecular complexity index is 181. The molecule has 0 aromatic carbocycles. The molecular formula is C10H18N2O. The number of likely N-dealkylation sites (tertiary alicyclic amines) is 1. The smallest absolute Gasteiger partial charge is 0.246 e. The van der Waals surface area contributed by atoms with Crippen molar-refractivity contribution in [1.82, 2.24) is 4.90 Å². The highest BCUT2D eigenvalue weighted by molar-refractivity contribution is 5.87. The lowest BCUT2D eigenvalue weighted by atomic mass is 10.2. The molecule has 0 spiro atoms. The number of hydrogen-bond donors (Lipinski definition) is 1. The van der Waals surface area contributed by atoms with Gasteiger partial charge in [-0.25, -0.2) is 0 Å². The minimum atomic E-state index is 0.118. The van der Waals surface area contributed by atoms with Gasteiger partial charge in [0.25, 0.3) is 0 Å². The zero-order chi connectivity index (χ0) is 9.52. The van der Waals surface area contributed by atoms with Crippen LogP contribution in [0.1, 0.15) is 25.7 Å². The molecule has 13 heavy (non-hydrogen) atoms. The van der Waals surface area contributed by atoms with Crippen LogP contribution < -0.4 is 5.73 Å². The molecule has 0 unspecified atom stereocenters. The Hall–Kier alpha value is -0.830. The minimum absolute atomic E-state index is 0.118. The van der Waals surface area contributed by atoms with E-state index in [9.17, 15) is 4.79 Å². The van der Waals surface area contributed by atoms with E-state index in [0.29, 0.717) is 6.54 Å². The van der Waals surface area contributed by atoms with Crippen molar-refractivity contribution < 1.29 is 4.79 Å². The maximum atomic E-state index is 11.5. The summed E-state index contributed by atoms with van der Waals surface area (Å²) in [6.45, 7) is 2.26. The van der Waals surface area contributed by atoms with Crippen LogP contribution in [0.4, 0.5) is 0 Å². The molecule has 0 radical (unpaired) electrons. The zero-order valence-electron chi connectivity index (χ0n) is 8.04. The van der Waals surface area contributed by atoms with E-state index in [0.717, 1.165) is 25.9 Å². The molecule has 0 aliphatic carbocycles. The van der Waals surface area contributed by atoms with E-state index in [-0.39, 0.29) is 5.91 Å². The molecule has 0 bridgehead atoms. The van der Waals surface area contributed by atoms with Crippen molar-refractivity contribution in [3.63, 3.8) is 0 Å². The van der Waals surface area contributed by atoms with Crippen LogP contribution in [0.2, 0.25) is 0 Å². The Morgan fingerprint density at radius 3 is 2.38 bits per heavy atom. The maximum absolute atomic E-state index is 11.5. The van der Waals surface area contributed by atoms with Crippen molar-refractivity contribution in [3.8, 4) is 0 Å². The molecular weight excluding hydrogens is 164 g/mol. The lowest BCUT2D eigenvalue weighted by Crippen LogP contribution is -2.30. The normalized spacial score (nSPS) is 19.0. The van der Waals surface area contributed by atoms with Crippen molar-refractivity contribution in [2.75, 3.05) is 19.6 Å². The topological polar surface area (TPSA) is 46.3 Å². The number of amides is 1. The molecule has 1 fully saturated rings. The van der Waals surface area contributed by atoms with Gasteiger partial charge in [0.2, 0.25) is 5.91 Å². The molecule has 2 N–H and O–H groups in total. The molecule has 1 saturated heterocycles. The van der Waals surface area contributed by atoms with Gasteiger partial charge in [0.05, 0.1) is 0 Å². The molecule has 1 aliphatic rings. The van der Waals surface area contributed by atoms with Crippen LogP contribution in [-0.4, -0.2) is 30.4 Å². The number of hydrogen-bond acceptors (Lipinski definition) is 2. The van der Waals surface area contributed by atoms with Gasteiger partial charge in [-0.2, -0.15) is 0 Å². The molecule has 0 atom stereocenters. The van der Waals surface area contributed by atoms with Gasteiger partial charge in [0, 0.05) is 25.7 Å². The van der Waals surface area contributed by atoms with Crippen molar-refractivity contribution in [2.24, 2.45) is 5.73 Å². The largest absolute Gasteiger partial charge is 0.339 e. The van der Waals surface area contributed by atoms with Crippen LogP contribution in [0.5, 0.6) is 0 Å². The first-order valence-corrected chi connectivity index (χ1v) is 5.00. The summed E-state index contributed by atoms with van der Waals surface area (Å²) in [6.07, 6.45) is 8.09. The summed E-state index contributed by atoms with van der Waals surface area (Å²) >= 11 is 0. The highest BCUT2D eigenvalue weighted by Gasteiger charge is 2.11. The van der Waals surface area contributed by atoms with Gasteiger partial charge < -0.3 is 10.6 Å². The molecule has 0 aromatic rings. The highest BCUT2D eigenvalue weighted by Crippen LogP contribution is 2.09. The summed E-state index contributed by atoms with van der Waals surface area (Å²) in [5.41, 5.74) is 5.28. The second-order valence-electron chi connectivity index (χ2n) is 3.38. The van der Waals surface area contributed by atoms with E-state index >= 15 is 0 Å². The standard InChI is InChI=1S/C10H18N2O/c11-7-5-6-10(13)12-8-3-1-2-4-9-12/h5-6H,1-4,7-9,11H2/b6-5+. The third kappa shape index (κ3) is 3.59. The first-order chi connectivity index (χ1) is 6.34. The quantitative estimate of drug-likeness (QED) is 0.645. The Balaban J connectivity index is 2.39. The van der Waals surface area contributed by atoms with Crippen LogP contribution >= 0.6 is 0 Å². The monoisotopic (exact) mass is 182 g/mol. The van der Waals surface area contributed by atoms with Gasteiger partial charge in [-0.3, -0.25) is 4.79 Å². The van der Waals surface area contributed by atoms with Gasteiger partial charge in [-0.1, -0.05) is 18.9 Å². The van der Waals surface area contributed by atoms with E-state index in [1.807, 2.05) is 4.90 Å². The first-order valence-electron chi connectivity index (χ1n) is 5.00. The molecule has 3 heteroatoms. The number of nitrogens with two attached hydrogens (primary N) is 1. The zero-order valence-corrected chi connectivity index (χ0v) is 8.04. The summed E-state index contributed by atoms with van der Waals surface area (Å²) in [5, 5.41) is 0. The third-order valence-electron chi connectivity index (χ3n) is 2.31. The summed E-state index contributed by atoms with van der Waals surface area (Å²) < 4.78 is 0. The third-order valence-corrected chi connectivity index (χ3v) is 2.31. The molecule has 1 aliphatic heterocycles. The van der Waals surface area contributed by atoms with Crippen LogP contribution in [0.3, 0.4) is 0 Å². The van der Waals surface area contributed by atoms with Crippen LogP contribution in [0.15, 0.2) is 12.2 Å². The van der Waals surface area contributed by atoms with Gasteiger partial charge in [-0.15, -0.1) is 0 Å². The second-order valence-corrected chi connectivity index (χ2v) is 3.38. The Kier molecular flexibility index (Phi) is 4.54. The van der Waals surface area contributed by atoms with E-state index in [2.05, 4.69) is 0 Å². The molecule has 74 valence electrons. The van der Waals surface area contributed by atoms with Crippen molar-refractivity contribution >= 4 is 5.91 Å². The summed E-state index contributed by atoms with van der Waals surface area (Å²) in [6, 6.07) is 0. The predicted molar refractivity (Wildman–Crippen MR) is 53.2 cm³/mol. The van der Waals surface area contributed by atoms with E-state index in [4.69, 9.17) is 5.73 Å². The lowest BCUT2D eigenvalue weighted by Gasteiger charge is -2.17. The Morgan fingerprint density at radius 1 is 1.23 bits per heavy atom. The second kappa shape index (κ2) is 5.75. The number of rotatable bonds is 2. The fourth-order valence-electron chi connectivity index (χ4n) is 1.57. The highest BCUT2D eigenvalue weighted by atomic mass is 16.2. The number of carbonyl (C=O) groups is 1. The van der Waals surface area contributed by atoms with Gasteiger partial charge in [0.1, 0.15) is 0 Å². The predicted octanol–water partition coefficient (Wildman–Crippen LogP) is 0.904. The van der Waals surface area contributed by atoms with E-state index in [1.54, 1.807) is 12.2 Å². The van der Waals surface area contributed by atoms with Gasteiger partial charge in [-0.05, 0) is 12.8 Å². The van der Waals surface area contributed by atoms with Crippen LogP contribution in [0, 0.1) is 0 Å². The van der Waals surface area contributed by atoms with E-state index in [1.165, 1.54) is 12.8 Å². The van der Waals surface area contributed by atoms with Crippen LogP contribution in [0.25, 0.3) is 0 Å². The van der Waals surface area contributed by atoms with Crippen molar-refractivity contribution in [2.45, 2.75) is 25.7 Å². The maximum Gasteiger partial charge on any atom is 0.246 e. The van der Waals surface area contributed by atoms with Crippen molar-refractivity contribution in [1.29, 1.82) is 0 Å². The molecule has 3 nitrogen and oxygen atoms in total. The summed E-state index contributed by atoms with van der Waals surface area (Å²) in [4.78, 5) is 13.4. The molecule has 1 heterocycles. The average molecular weight is 182 g/mol. The summed E-state index contributed by atoms with van der Waals surface area (Å²) in [5.74, 6) is 0.118. The van der Waals surface area contributed by atoms with Gasteiger partial charge in [0.15, 0.2) is 0 Å². The van der Waals surface area contributed by atoms with Crippen LogP contribution in [-0.2, 0) is 4.79 Å². The first kappa shape index (κ1) is 10.3. The van der Waals surface area contributed by atoms with Crippen molar-refractivity contribution in [3.05, 3.63) is 12.2 Å². The SMILES string of the molecule is NC/C=C/C(=O)N1CCCCCC1.